The van der Waals surface area contributed by atoms with Gasteiger partial charge in [0, 0.05) is 24.4 Å². The van der Waals surface area contributed by atoms with Crippen LogP contribution in [0.3, 0.4) is 0 Å². The number of ether oxygens (including phenoxy) is 2. The zero-order valence-corrected chi connectivity index (χ0v) is 19.2. The van der Waals surface area contributed by atoms with E-state index in [0.29, 0.717) is 6.42 Å². The minimum Gasteiger partial charge on any atom is -0.460 e. The number of aliphatic hydroxyl groups excluding tert-OH is 1. The van der Waals surface area contributed by atoms with E-state index in [0.717, 1.165) is 0 Å². The highest BCUT2D eigenvalue weighted by Gasteiger charge is 2.29. The van der Waals surface area contributed by atoms with Gasteiger partial charge in [0.2, 0.25) is 11.8 Å². The summed E-state index contributed by atoms with van der Waals surface area (Å²) in [6.07, 6.45) is -1.49. The third-order valence-corrected chi connectivity index (χ3v) is 3.50. The average Bonchev–Trinajstić information content (AvgIpc) is 2.57. The lowest BCUT2D eigenvalue weighted by atomic mass is 10.1. The Hall–Kier alpha value is -2.40. The molecule has 31 heavy (non-hydrogen) atoms. The molecule has 0 radical (unpaired) electrons. The molecule has 5 N–H and O–H groups in total. The van der Waals surface area contributed by atoms with Crippen LogP contribution in [-0.4, -0.2) is 65.6 Å². The van der Waals surface area contributed by atoms with Crippen LogP contribution in [0.15, 0.2) is 5.11 Å². The maximum absolute atomic E-state index is 12.5. The fourth-order valence-corrected chi connectivity index (χ4v) is 2.35. The van der Waals surface area contributed by atoms with E-state index >= 15 is 0 Å². The van der Waals surface area contributed by atoms with Crippen molar-refractivity contribution in [2.45, 2.75) is 90.4 Å². The summed E-state index contributed by atoms with van der Waals surface area (Å²) >= 11 is 0. The van der Waals surface area contributed by atoms with Gasteiger partial charge in [-0.25, -0.2) is 0 Å². The van der Waals surface area contributed by atoms with Gasteiger partial charge in [0.15, 0.2) is 6.29 Å². The molecule has 3 unspecified atom stereocenters. The zero-order valence-electron chi connectivity index (χ0n) is 19.2. The largest absolute Gasteiger partial charge is 0.460 e. The van der Waals surface area contributed by atoms with Gasteiger partial charge in [-0.2, -0.15) is 0 Å². The van der Waals surface area contributed by atoms with Crippen molar-refractivity contribution in [3.05, 3.63) is 10.4 Å². The molecule has 178 valence electrons. The minimum atomic E-state index is -1.28. The quantitative estimate of drug-likeness (QED) is 0.0857. The smallest absolute Gasteiger partial charge is 0.308 e. The Bertz CT molecular complexity index is 651. The number of rotatable bonds is 12. The summed E-state index contributed by atoms with van der Waals surface area (Å²) in [7, 11) is 0. The van der Waals surface area contributed by atoms with Crippen molar-refractivity contribution in [1.82, 2.24) is 10.6 Å². The van der Waals surface area contributed by atoms with Gasteiger partial charge in [0.05, 0.1) is 18.1 Å². The van der Waals surface area contributed by atoms with Crippen molar-refractivity contribution in [1.29, 1.82) is 0 Å². The normalized spacial score (nSPS) is 14.6. The number of hydrogen-bond acceptors (Lipinski definition) is 8. The van der Waals surface area contributed by atoms with Crippen LogP contribution in [0, 0.1) is 0 Å². The van der Waals surface area contributed by atoms with Crippen molar-refractivity contribution >= 4 is 17.8 Å². The van der Waals surface area contributed by atoms with E-state index in [1.54, 1.807) is 41.5 Å². The van der Waals surface area contributed by atoms with Crippen LogP contribution >= 0.6 is 0 Å². The van der Waals surface area contributed by atoms with Crippen LogP contribution < -0.4 is 16.4 Å². The summed E-state index contributed by atoms with van der Waals surface area (Å²) in [5.41, 5.74) is 12.7. The molecule has 12 heteroatoms. The van der Waals surface area contributed by atoms with E-state index in [4.69, 9.17) is 20.7 Å². The Morgan fingerprint density at radius 1 is 1.13 bits per heavy atom. The summed E-state index contributed by atoms with van der Waals surface area (Å²) < 4.78 is 10.5. The minimum absolute atomic E-state index is 0.183. The number of hydrogen-bond donors (Lipinski definition) is 4. The SMILES string of the molecule is CC(C)(C)OC(=O)CC(NC(=O)C(N)CC(O)OC(C)(C)C)C(=O)NCCCN=[N+]=[N-]. The summed E-state index contributed by atoms with van der Waals surface area (Å²) in [6.45, 7) is 10.6. The monoisotopic (exact) mass is 444 g/mol. The van der Waals surface area contributed by atoms with Gasteiger partial charge in [-0.05, 0) is 53.5 Å². The number of nitrogens with zero attached hydrogens (tertiary/aromatic N) is 3. The van der Waals surface area contributed by atoms with E-state index in [1.165, 1.54) is 0 Å². The van der Waals surface area contributed by atoms with Gasteiger partial charge in [0.1, 0.15) is 11.6 Å². The van der Waals surface area contributed by atoms with Crippen LogP contribution in [0.4, 0.5) is 0 Å². The lowest BCUT2D eigenvalue weighted by molar-refractivity contribution is -0.172. The van der Waals surface area contributed by atoms with E-state index in [2.05, 4.69) is 20.7 Å². The molecule has 0 aliphatic rings. The number of esters is 1. The van der Waals surface area contributed by atoms with E-state index < -0.39 is 53.8 Å². The van der Waals surface area contributed by atoms with E-state index in [9.17, 15) is 19.5 Å². The topological polar surface area (TPSA) is 189 Å². The highest BCUT2D eigenvalue weighted by atomic mass is 16.6. The van der Waals surface area contributed by atoms with Crippen molar-refractivity contribution in [3.63, 3.8) is 0 Å². The van der Waals surface area contributed by atoms with Gasteiger partial charge in [-0.1, -0.05) is 5.11 Å². The number of carbonyl (C=O) groups is 3. The molecule has 2 amide bonds. The van der Waals surface area contributed by atoms with Crippen molar-refractivity contribution < 1.29 is 29.0 Å². The summed E-state index contributed by atoms with van der Waals surface area (Å²) in [6, 6.07) is -2.40. The maximum atomic E-state index is 12.5. The Balaban J connectivity index is 5.04. The van der Waals surface area contributed by atoms with Gasteiger partial charge < -0.3 is 30.9 Å². The molecule has 0 fully saturated rings. The zero-order chi connectivity index (χ0) is 24.2. The maximum Gasteiger partial charge on any atom is 0.308 e. The number of amides is 2. The van der Waals surface area contributed by atoms with Crippen LogP contribution in [0.25, 0.3) is 10.4 Å². The molecule has 3 atom stereocenters. The van der Waals surface area contributed by atoms with Gasteiger partial charge in [-0.15, -0.1) is 0 Å². The molecule has 0 bridgehead atoms. The first kappa shape index (κ1) is 28.6. The predicted molar refractivity (Wildman–Crippen MR) is 113 cm³/mol. The molecule has 0 heterocycles. The summed E-state index contributed by atoms with van der Waals surface area (Å²) in [5, 5.41) is 18.3. The number of aliphatic hydroxyl groups is 1. The molecule has 0 saturated heterocycles. The number of nitrogens with one attached hydrogen (secondary N) is 2. The molecule has 0 saturated carbocycles. The van der Waals surface area contributed by atoms with Crippen molar-refractivity contribution in [3.8, 4) is 0 Å². The third kappa shape index (κ3) is 15.1. The van der Waals surface area contributed by atoms with Gasteiger partial charge in [0.25, 0.3) is 0 Å². The Kier molecular flexibility index (Phi) is 12.1. The van der Waals surface area contributed by atoms with Crippen LogP contribution in [0.1, 0.15) is 60.8 Å². The van der Waals surface area contributed by atoms with E-state index in [1.807, 2.05) is 0 Å². The first-order valence-electron chi connectivity index (χ1n) is 10.1. The number of azide groups is 1. The second-order valence-electron chi connectivity index (χ2n) is 8.98. The molecule has 0 spiro atoms. The molecule has 0 aromatic rings. The molecule has 0 aromatic heterocycles. The van der Waals surface area contributed by atoms with Crippen molar-refractivity contribution in [2.24, 2.45) is 10.8 Å². The van der Waals surface area contributed by atoms with Gasteiger partial charge in [-0.3, -0.25) is 14.4 Å². The fraction of sp³-hybridized carbons (Fsp3) is 0.842. The van der Waals surface area contributed by atoms with Crippen LogP contribution in [-0.2, 0) is 23.9 Å². The molecule has 0 rings (SSSR count). The predicted octanol–water partition coefficient (Wildman–Crippen LogP) is 0.871. The Morgan fingerprint density at radius 2 is 1.74 bits per heavy atom. The van der Waals surface area contributed by atoms with Gasteiger partial charge >= 0.3 is 5.97 Å². The third-order valence-electron chi connectivity index (χ3n) is 3.50. The molecule has 12 nitrogen and oxygen atoms in total. The summed E-state index contributed by atoms with van der Waals surface area (Å²) in [5.74, 6) is -2.01. The van der Waals surface area contributed by atoms with Crippen LogP contribution in [0.5, 0.6) is 0 Å². The van der Waals surface area contributed by atoms with Crippen LogP contribution in [0.2, 0.25) is 0 Å². The molecular formula is C19H36N6O6. The molecule has 0 aromatic carbocycles. The van der Waals surface area contributed by atoms with Crippen molar-refractivity contribution in [2.75, 3.05) is 13.1 Å². The highest BCUT2D eigenvalue weighted by Crippen LogP contribution is 2.13. The standard InChI is InChI=1S/C19H36N6O6/c1-18(2,3)30-14(26)10-12(20)16(28)24-13(11-15(27)31-19(4,5)6)17(29)22-8-7-9-23-25-21/h12-14,26H,7-11,20H2,1-6H3,(H,22,29)(H,24,28). The molecular weight excluding hydrogens is 408 g/mol. The first-order valence-corrected chi connectivity index (χ1v) is 10.1. The number of nitrogens with two attached hydrogens (primary N) is 1. The summed E-state index contributed by atoms with van der Waals surface area (Å²) in [4.78, 5) is 39.7. The molecule has 0 aliphatic heterocycles. The van der Waals surface area contributed by atoms with E-state index in [-0.39, 0.29) is 19.5 Å². The second-order valence-corrected chi connectivity index (χ2v) is 8.98. The average molecular weight is 445 g/mol. The Morgan fingerprint density at radius 3 is 2.26 bits per heavy atom. The second kappa shape index (κ2) is 13.1. The lowest BCUT2D eigenvalue weighted by Crippen LogP contribution is -2.53. The first-order chi connectivity index (χ1) is 14.1. The molecule has 0 aliphatic carbocycles. The lowest BCUT2D eigenvalue weighted by Gasteiger charge is -2.26. The highest BCUT2D eigenvalue weighted by molar-refractivity contribution is 5.92. The fourth-order valence-electron chi connectivity index (χ4n) is 2.35. The Labute approximate surface area is 182 Å². The number of carbonyl (C=O) groups excluding carboxylic acids is 3.